The summed E-state index contributed by atoms with van der Waals surface area (Å²) in [5.74, 6) is 0.0737. The molecule has 1 fully saturated rings. The van der Waals surface area contributed by atoms with Crippen molar-refractivity contribution in [3.8, 4) is 5.75 Å². The SMILES string of the molecule is COc1ccc(F)cc1CN1CCN(CC(=O)NCc2ccc(F)cc2)CC1. The summed E-state index contributed by atoms with van der Waals surface area (Å²) in [5, 5.41) is 2.86. The zero-order valence-corrected chi connectivity index (χ0v) is 16.0. The van der Waals surface area contributed by atoms with E-state index in [4.69, 9.17) is 4.74 Å². The molecule has 0 aliphatic carbocycles. The van der Waals surface area contributed by atoms with E-state index in [1.807, 2.05) is 0 Å². The van der Waals surface area contributed by atoms with E-state index in [1.165, 1.54) is 24.3 Å². The topological polar surface area (TPSA) is 44.8 Å². The van der Waals surface area contributed by atoms with Crippen LogP contribution in [-0.2, 0) is 17.9 Å². The number of hydrogen-bond donors (Lipinski definition) is 1. The van der Waals surface area contributed by atoms with Crippen LogP contribution in [0.2, 0.25) is 0 Å². The predicted molar refractivity (Wildman–Crippen MR) is 103 cm³/mol. The highest BCUT2D eigenvalue weighted by Crippen LogP contribution is 2.21. The van der Waals surface area contributed by atoms with E-state index in [0.717, 1.165) is 37.3 Å². The Hall–Kier alpha value is -2.51. The second-order valence-corrected chi connectivity index (χ2v) is 6.91. The van der Waals surface area contributed by atoms with Gasteiger partial charge in [0.25, 0.3) is 0 Å². The number of nitrogens with zero attached hydrogens (tertiary/aromatic N) is 2. The van der Waals surface area contributed by atoms with Crippen LogP contribution in [0, 0.1) is 11.6 Å². The molecule has 0 radical (unpaired) electrons. The monoisotopic (exact) mass is 389 g/mol. The van der Waals surface area contributed by atoms with Crippen LogP contribution >= 0.6 is 0 Å². The molecule has 0 aromatic heterocycles. The van der Waals surface area contributed by atoms with Crippen molar-refractivity contribution in [1.29, 1.82) is 0 Å². The Labute approximate surface area is 163 Å². The summed E-state index contributed by atoms with van der Waals surface area (Å²) in [6.07, 6.45) is 0. The summed E-state index contributed by atoms with van der Waals surface area (Å²) in [7, 11) is 1.58. The van der Waals surface area contributed by atoms with Gasteiger partial charge in [0, 0.05) is 44.8 Å². The molecule has 0 spiro atoms. The third-order valence-corrected chi connectivity index (χ3v) is 4.87. The maximum atomic E-state index is 13.5. The van der Waals surface area contributed by atoms with Crippen LogP contribution in [0.1, 0.15) is 11.1 Å². The molecule has 1 saturated heterocycles. The molecular weight excluding hydrogens is 364 g/mol. The quantitative estimate of drug-likeness (QED) is 0.790. The molecule has 1 aliphatic rings. The van der Waals surface area contributed by atoms with Crippen LogP contribution in [0.4, 0.5) is 8.78 Å². The standard InChI is InChI=1S/C21H25F2N3O2/c1-28-20-7-6-19(23)12-17(20)14-25-8-10-26(11-9-25)15-21(27)24-13-16-2-4-18(22)5-3-16/h2-7,12H,8-11,13-15H2,1H3,(H,24,27). The van der Waals surface area contributed by atoms with Crippen molar-refractivity contribution in [3.05, 3.63) is 65.2 Å². The molecule has 3 rings (SSSR count). The Kier molecular flexibility index (Phi) is 6.95. The fourth-order valence-electron chi connectivity index (χ4n) is 3.28. The van der Waals surface area contributed by atoms with Gasteiger partial charge in [0.05, 0.1) is 13.7 Å². The van der Waals surface area contributed by atoms with Gasteiger partial charge < -0.3 is 10.1 Å². The van der Waals surface area contributed by atoms with Crippen LogP contribution < -0.4 is 10.1 Å². The number of methoxy groups -OCH3 is 1. The molecule has 0 unspecified atom stereocenters. The second kappa shape index (κ2) is 9.61. The van der Waals surface area contributed by atoms with Crippen molar-refractivity contribution in [2.45, 2.75) is 13.1 Å². The van der Waals surface area contributed by atoms with Gasteiger partial charge in [-0.25, -0.2) is 8.78 Å². The molecule has 150 valence electrons. The van der Waals surface area contributed by atoms with Gasteiger partial charge in [-0.15, -0.1) is 0 Å². The fraction of sp³-hybridized carbons (Fsp3) is 0.381. The molecule has 28 heavy (non-hydrogen) atoms. The molecule has 2 aromatic carbocycles. The van der Waals surface area contributed by atoms with Gasteiger partial charge in [0.15, 0.2) is 0 Å². The van der Waals surface area contributed by atoms with Crippen molar-refractivity contribution in [2.75, 3.05) is 39.8 Å². The minimum absolute atomic E-state index is 0.0513. The van der Waals surface area contributed by atoms with Crippen molar-refractivity contribution in [3.63, 3.8) is 0 Å². The van der Waals surface area contributed by atoms with E-state index >= 15 is 0 Å². The van der Waals surface area contributed by atoms with Gasteiger partial charge in [-0.3, -0.25) is 14.6 Å². The Morgan fingerprint density at radius 3 is 2.32 bits per heavy atom. The smallest absolute Gasteiger partial charge is 0.234 e. The number of ether oxygens (including phenoxy) is 1. The normalized spacial score (nSPS) is 15.4. The Morgan fingerprint density at radius 1 is 1.00 bits per heavy atom. The number of hydrogen-bond acceptors (Lipinski definition) is 4. The lowest BCUT2D eigenvalue weighted by molar-refractivity contribution is -0.122. The molecule has 7 heteroatoms. The van der Waals surface area contributed by atoms with Gasteiger partial charge in [-0.2, -0.15) is 0 Å². The Morgan fingerprint density at radius 2 is 1.64 bits per heavy atom. The number of carbonyl (C=O) groups excluding carboxylic acids is 1. The Balaban J connectivity index is 1.42. The zero-order valence-electron chi connectivity index (χ0n) is 16.0. The van der Waals surface area contributed by atoms with E-state index in [1.54, 1.807) is 25.3 Å². The van der Waals surface area contributed by atoms with E-state index in [9.17, 15) is 13.6 Å². The fourth-order valence-corrected chi connectivity index (χ4v) is 3.28. The van der Waals surface area contributed by atoms with Gasteiger partial charge in [0.1, 0.15) is 17.4 Å². The largest absolute Gasteiger partial charge is 0.496 e. The predicted octanol–water partition coefficient (Wildman–Crippen LogP) is 2.41. The molecule has 5 nitrogen and oxygen atoms in total. The third kappa shape index (κ3) is 5.74. The van der Waals surface area contributed by atoms with E-state index in [-0.39, 0.29) is 17.5 Å². The first-order valence-corrected chi connectivity index (χ1v) is 9.32. The summed E-state index contributed by atoms with van der Waals surface area (Å²) in [4.78, 5) is 16.5. The number of amides is 1. The van der Waals surface area contributed by atoms with Crippen molar-refractivity contribution < 1.29 is 18.3 Å². The third-order valence-electron chi connectivity index (χ3n) is 4.87. The van der Waals surface area contributed by atoms with E-state index in [0.29, 0.717) is 25.4 Å². The highest BCUT2D eigenvalue weighted by atomic mass is 19.1. The molecule has 0 bridgehead atoms. The first-order valence-electron chi connectivity index (χ1n) is 9.32. The van der Waals surface area contributed by atoms with Gasteiger partial charge in [-0.1, -0.05) is 12.1 Å². The highest BCUT2D eigenvalue weighted by Gasteiger charge is 2.20. The van der Waals surface area contributed by atoms with Crippen LogP contribution in [0.25, 0.3) is 0 Å². The lowest BCUT2D eigenvalue weighted by Gasteiger charge is -2.34. The maximum absolute atomic E-state index is 13.5. The molecule has 1 amide bonds. The van der Waals surface area contributed by atoms with Crippen molar-refractivity contribution in [2.24, 2.45) is 0 Å². The number of carbonyl (C=O) groups is 1. The highest BCUT2D eigenvalue weighted by molar-refractivity contribution is 5.78. The summed E-state index contributed by atoms with van der Waals surface area (Å²) in [5.41, 5.74) is 1.69. The maximum Gasteiger partial charge on any atom is 0.234 e. The average Bonchev–Trinajstić information content (AvgIpc) is 2.69. The molecule has 1 N–H and O–H groups in total. The number of benzene rings is 2. The van der Waals surface area contributed by atoms with Crippen LogP contribution in [0.3, 0.4) is 0 Å². The minimum Gasteiger partial charge on any atom is -0.496 e. The molecule has 0 saturated carbocycles. The first kappa shape index (κ1) is 20.2. The van der Waals surface area contributed by atoms with Gasteiger partial charge >= 0.3 is 0 Å². The van der Waals surface area contributed by atoms with Gasteiger partial charge in [0.2, 0.25) is 5.91 Å². The van der Waals surface area contributed by atoms with Crippen LogP contribution in [0.15, 0.2) is 42.5 Å². The number of halogens is 2. The van der Waals surface area contributed by atoms with E-state index in [2.05, 4.69) is 15.1 Å². The second-order valence-electron chi connectivity index (χ2n) is 6.91. The number of rotatable bonds is 7. The van der Waals surface area contributed by atoms with Crippen molar-refractivity contribution in [1.82, 2.24) is 15.1 Å². The summed E-state index contributed by atoms with van der Waals surface area (Å²) >= 11 is 0. The van der Waals surface area contributed by atoms with Crippen molar-refractivity contribution >= 4 is 5.91 Å². The average molecular weight is 389 g/mol. The number of piperazine rings is 1. The van der Waals surface area contributed by atoms with Gasteiger partial charge in [-0.05, 0) is 35.9 Å². The minimum atomic E-state index is -0.288. The molecule has 1 heterocycles. The molecule has 0 atom stereocenters. The Bertz CT molecular complexity index is 791. The molecule has 2 aromatic rings. The number of nitrogens with one attached hydrogen (secondary N) is 1. The van der Waals surface area contributed by atoms with Crippen LogP contribution in [0.5, 0.6) is 5.75 Å². The summed E-state index contributed by atoms with van der Waals surface area (Å²) in [6.45, 7) is 4.46. The first-order chi connectivity index (χ1) is 13.5. The summed E-state index contributed by atoms with van der Waals surface area (Å²) < 4.78 is 31.7. The lowest BCUT2D eigenvalue weighted by atomic mass is 10.1. The van der Waals surface area contributed by atoms with Crippen LogP contribution in [-0.4, -0.2) is 55.5 Å². The molecular formula is C21H25F2N3O2. The summed E-state index contributed by atoms with van der Waals surface area (Å²) in [6, 6.07) is 10.6. The zero-order chi connectivity index (χ0) is 19.9. The van der Waals surface area contributed by atoms with E-state index < -0.39 is 0 Å². The molecule has 1 aliphatic heterocycles. The lowest BCUT2D eigenvalue weighted by Crippen LogP contribution is -2.49.